The number of nitrogens with zero attached hydrogens (tertiary/aromatic N) is 2. The Morgan fingerprint density at radius 1 is 1.12 bits per heavy atom. The van der Waals surface area contributed by atoms with Gasteiger partial charge in [0.05, 0.1) is 10.0 Å². The number of ketones is 1. The van der Waals surface area contributed by atoms with E-state index in [1.807, 2.05) is 0 Å². The van der Waals surface area contributed by atoms with Crippen molar-refractivity contribution >= 4 is 29.0 Å². The van der Waals surface area contributed by atoms with Crippen molar-refractivity contribution in [3.05, 3.63) is 58.1 Å². The minimum absolute atomic E-state index is 0.207. The fourth-order valence-corrected chi connectivity index (χ4v) is 1.51. The fourth-order valence-electron chi connectivity index (χ4n) is 1.21. The quantitative estimate of drug-likeness (QED) is 0.772. The Kier molecular flexibility index (Phi) is 3.17. The number of aromatic nitrogens is 2. The van der Waals surface area contributed by atoms with Crippen LogP contribution in [0.25, 0.3) is 0 Å². The van der Waals surface area contributed by atoms with E-state index in [4.69, 9.17) is 23.2 Å². The van der Waals surface area contributed by atoms with Gasteiger partial charge in [-0.2, -0.15) is 0 Å². The predicted molar refractivity (Wildman–Crippen MR) is 61.9 cm³/mol. The Hall–Kier alpha value is -1.45. The van der Waals surface area contributed by atoms with Crippen molar-refractivity contribution in [1.82, 2.24) is 9.97 Å². The monoisotopic (exact) mass is 252 g/mol. The van der Waals surface area contributed by atoms with Crippen LogP contribution in [-0.4, -0.2) is 15.8 Å². The van der Waals surface area contributed by atoms with E-state index in [0.717, 1.165) is 0 Å². The molecule has 0 radical (unpaired) electrons. The zero-order valence-corrected chi connectivity index (χ0v) is 9.53. The second-order valence-electron chi connectivity index (χ2n) is 3.05. The number of hydrogen-bond donors (Lipinski definition) is 0. The van der Waals surface area contributed by atoms with E-state index in [-0.39, 0.29) is 5.78 Å². The first-order valence-corrected chi connectivity index (χ1v) is 5.20. The summed E-state index contributed by atoms with van der Waals surface area (Å²) in [5.74, 6) is -0.207. The normalized spacial score (nSPS) is 10.1. The molecule has 80 valence electrons. The van der Waals surface area contributed by atoms with Crippen molar-refractivity contribution in [2.24, 2.45) is 0 Å². The zero-order valence-electron chi connectivity index (χ0n) is 8.02. The van der Waals surface area contributed by atoms with E-state index in [1.54, 1.807) is 18.2 Å². The maximum Gasteiger partial charge on any atom is 0.211 e. The summed E-state index contributed by atoms with van der Waals surface area (Å²) in [4.78, 5) is 19.5. The molecule has 0 spiro atoms. The van der Waals surface area contributed by atoms with Gasteiger partial charge in [-0.15, -0.1) is 0 Å². The smallest absolute Gasteiger partial charge is 0.211 e. The van der Waals surface area contributed by atoms with Gasteiger partial charge in [0, 0.05) is 11.8 Å². The largest absolute Gasteiger partial charge is 0.287 e. The molecule has 0 N–H and O–H groups in total. The van der Waals surface area contributed by atoms with Crippen molar-refractivity contribution in [1.29, 1.82) is 0 Å². The first kappa shape index (κ1) is 11.0. The van der Waals surface area contributed by atoms with Gasteiger partial charge in [0.25, 0.3) is 0 Å². The first-order chi connectivity index (χ1) is 7.68. The predicted octanol–water partition coefficient (Wildman–Crippen LogP) is 3.01. The highest BCUT2D eigenvalue weighted by molar-refractivity contribution is 6.42. The molecule has 3 nitrogen and oxygen atoms in total. The van der Waals surface area contributed by atoms with E-state index < -0.39 is 0 Å². The molecule has 2 rings (SSSR count). The van der Waals surface area contributed by atoms with Gasteiger partial charge in [0.15, 0.2) is 0 Å². The van der Waals surface area contributed by atoms with Gasteiger partial charge in [0.1, 0.15) is 12.0 Å². The Balaban J connectivity index is 2.39. The van der Waals surface area contributed by atoms with E-state index in [1.165, 1.54) is 18.6 Å². The summed E-state index contributed by atoms with van der Waals surface area (Å²) in [6, 6.07) is 6.26. The summed E-state index contributed by atoms with van der Waals surface area (Å²) in [7, 11) is 0. The molecule has 0 saturated heterocycles. The SMILES string of the molecule is O=C(c1ccc(Cl)c(Cl)c1)c1ccncn1. The third-order valence-electron chi connectivity index (χ3n) is 2.00. The third kappa shape index (κ3) is 2.21. The number of carbonyl (C=O) groups is 1. The van der Waals surface area contributed by atoms with Crippen LogP contribution < -0.4 is 0 Å². The number of benzene rings is 1. The van der Waals surface area contributed by atoms with E-state index in [2.05, 4.69) is 9.97 Å². The standard InChI is InChI=1S/C11H6Cl2N2O/c12-8-2-1-7(5-9(8)13)11(16)10-3-4-14-6-15-10/h1-6H. The summed E-state index contributed by atoms with van der Waals surface area (Å²) < 4.78 is 0. The van der Waals surface area contributed by atoms with E-state index in [0.29, 0.717) is 21.3 Å². The van der Waals surface area contributed by atoms with Crippen LogP contribution >= 0.6 is 23.2 Å². The lowest BCUT2D eigenvalue weighted by Gasteiger charge is -2.01. The highest BCUT2D eigenvalue weighted by Gasteiger charge is 2.11. The maximum atomic E-state index is 11.9. The average molecular weight is 253 g/mol. The van der Waals surface area contributed by atoms with Crippen LogP contribution in [0.1, 0.15) is 16.1 Å². The molecule has 1 aromatic heterocycles. The summed E-state index contributed by atoms with van der Waals surface area (Å²) in [5, 5.41) is 0.766. The number of carbonyl (C=O) groups excluding carboxylic acids is 1. The molecule has 0 aliphatic carbocycles. The minimum atomic E-state index is -0.207. The molecule has 0 fully saturated rings. The molecule has 0 atom stereocenters. The minimum Gasteiger partial charge on any atom is -0.287 e. The topological polar surface area (TPSA) is 42.9 Å². The van der Waals surface area contributed by atoms with Gasteiger partial charge in [-0.25, -0.2) is 9.97 Å². The van der Waals surface area contributed by atoms with Crippen LogP contribution in [-0.2, 0) is 0 Å². The second-order valence-corrected chi connectivity index (χ2v) is 3.87. The van der Waals surface area contributed by atoms with Gasteiger partial charge < -0.3 is 0 Å². The molecule has 0 saturated carbocycles. The average Bonchev–Trinajstić information content (AvgIpc) is 2.33. The molecule has 16 heavy (non-hydrogen) atoms. The van der Waals surface area contributed by atoms with Crippen LogP contribution in [0, 0.1) is 0 Å². The molecule has 1 aromatic carbocycles. The lowest BCUT2D eigenvalue weighted by Crippen LogP contribution is -2.03. The van der Waals surface area contributed by atoms with Gasteiger partial charge >= 0.3 is 0 Å². The lowest BCUT2D eigenvalue weighted by molar-refractivity contribution is 0.103. The Morgan fingerprint density at radius 3 is 2.56 bits per heavy atom. The summed E-state index contributed by atoms with van der Waals surface area (Å²) in [5.41, 5.74) is 0.779. The van der Waals surface area contributed by atoms with Gasteiger partial charge in [0.2, 0.25) is 5.78 Å². The Labute approximate surface area is 102 Å². The van der Waals surface area contributed by atoms with E-state index in [9.17, 15) is 4.79 Å². The van der Waals surface area contributed by atoms with Gasteiger partial charge in [-0.1, -0.05) is 23.2 Å². The molecule has 0 unspecified atom stereocenters. The molecular weight excluding hydrogens is 247 g/mol. The van der Waals surface area contributed by atoms with Gasteiger partial charge in [-0.05, 0) is 24.3 Å². The number of rotatable bonds is 2. The van der Waals surface area contributed by atoms with Crippen molar-refractivity contribution in [2.75, 3.05) is 0 Å². The maximum absolute atomic E-state index is 11.9. The van der Waals surface area contributed by atoms with Crippen molar-refractivity contribution in [2.45, 2.75) is 0 Å². The third-order valence-corrected chi connectivity index (χ3v) is 2.74. The lowest BCUT2D eigenvalue weighted by atomic mass is 10.1. The van der Waals surface area contributed by atoms with Crippen molar-refractivity contribution in [3.63, 3.8) is 0 Å². The van der Waals surface area contributed by atoms with Crippen molar-refractivity contribution in [3.8, 4) is 0 Å². The Morgan fingerprint density at radius 2 is 1.94 bits per heavy atom. The molecule has 0 amide bonds. The van der Waals surface area contributed by atoms with Gasteiger partial charge in [-0.3, -0.25) is 4.79 Å². The second kappa shape index (κ2) is 4.60. The first-order valence-electron chi connectivity index (χ1n) is 4.44. The Bertz CT molecular complexity index is 529. The zero-order chi connectivity index (χ0) is 11.5. The van der Waals surface area contributed by atoms with Crippen molar-refractivity contribution < 1.29 is 4.79 Å². The molecule has 0 bridgehead atoms. The molecule has 5 heteroatoms. The molecule has 1 heterocycles. The van der Waals surface area contributed by atoms with Crippen LogP contribution in [0.4, 0.5) is 0 Å². The molecule has 0 aliphatic heterocycles. The number of hydrogen-bond acceptors (Lipinski definition) is 3. The van der Waals surface area contributed by atoms with Crippen LogP contribution in [0.15, 0.2) is 36.8 Å². The van der Waals surface area contributed by atoms with E-state index >= 15 is 0 Å². The molecule has 2 aromatic rings. The van der Waals surface area contributed by atoms with Crippen LogP contribution in [0.5, 0.6) is 0 Å². The highest BCUT2D eigenvalue weighted by atomic mass is 35.5. The fraction of sp³-hybridized carbons (Fsp3) is 0. The number of halogens is 2. The van der Waals surface area contributed by atoms with Crippen LogP contribution in [0.2, 0.25) is 10.0 Å². The summed E-state index contributed by atoms with van der Waals surface area (Å²) >= 11 is 11.6. The molecular formula is C11H6Cl2N2O. The summed E-state index contributed by atoms with van der Waals surface area (Å²) in [6.07, 6.45) is 2.84. The molecule has 0 aliphatic rings. The highest BCUT2D eigenvalue weighted by Crippen LogP contribution is 2.23. The van der Waals surface area contributed by atoms with Crippen LogP contribution in [0.3, 0.4) is 0 Å². The summed E-state index contributed by atoms with van der Waals surface area (Å²) in [6.45, 7) is 0.